The van der Waals surface area contributed by atoms with Crippen molar-refractivity contribution in [3.8, 4) is 5.75 Å². The van der Waals surface area contributed by atoms with Gasteiger partial charge in [-0.2, -0.15) is 0 Å². The first kappa shape index (κ1) is 22.1. The molecule has 2 saturated heterocycles. The average Bonchev–Trinajstić information content (AvgIpc) is 2.79. The summed E-state index contributed by atoms with van der Waals surface area (Å²) < 4.78 is 40.7. The largest absolute Gasteiger partial charge is 0.573 e. The van der Waals surface area contributed by atoms with Gasteiger partial charge < -0.3 is 24.3 Å². The molecule has 2 aliphatic heterocycles. The molecule has 0 unspecified atom stereocenters. The number of hydrogen-bond acceptors (Lipinski definition) is 7. The van der Waals surface area contributed by atoms with E-state index in [9.17, 15) is 18.0 Å². The number of aromatic nitrogens is 2. The lowest BCUT2D eigenvalue weighted by Crippen LogP contribution is -2.49. The van der Waals surface area contributed by atoms with Gasteiger partial charge in [0, 0.05) is 64.0 Å². The number of amides is 1. The van der Waals surface area contributed by atoms with E-state index in [1.165, 1.54) is 12.1 Å². The van der Waals surface area contributed by atoms with Crippen LogP contribution >= 0.6 is 0 Å². The van der Waals surface area contributed by atoms with Crippen molar-refractivity contribution in [2.75, 3.05) is 69.2 Å². The monoisotopic (exact) mass is 450 g/mol. The Bertz CT molecular complexity index is 924. The molecule has 3 heterocycles. The summed E-state index contributed by atoms with van der Waals surface area (Å²) in [5, 5.41) is 0. The summed E-state index contributed by atoms with van der Waals surface area (Å²) in [6.07, 6.45) is -3.18. The summed E-state index contributed by atoms with van der Waals surface area (Å²) >= 11 is 0. The first-order valence-electron chi connectivity index (χ1n) is 10.4. The summed E-state index contributed by atoms with van der Waals surface area (Å²) in [6, 6.07) is 6.99. The average molecular weight is 450 g/mol. The summed E-state index contributed by atoms with van der Waals surface area (Å²) in [7, 11) is 2.11. The van der Waals surface area contributed by atoms with Gasteiger partial charge in [-0.15, -0.1) is 13.2 Å². The van der Waals surface area contributed by atoms with E-state index in [1.807, 2.05) is 6.07 Å². The lowest BCUT2D eigenvalue weighted by atomic mass is 10.1. The molecule has 1 aromatic heterocycles. The third kappa shape index (κ3) is 5.39. The molecule has 1 amide bonds. The number of benzene rings is 1. The van der Waals surface area contributed by atoms with Crippen LogP contribution < -0.4 is 14.5 Å². The fourth-order valence-corrected chi connectivity index (χ4v) is 3.84. The number of piperazine rings is 2. The minimum Gasteiger partial charge on any atom is -0.406 e. The second kappa shape index (κ2) is 9.19. The van der Waals surface area contributed by atoms with Crippen LogP contribution in [0.25, 0.3) is 0 Å². The van der Waals surface area contributed by atoms with E-state index in [4.69, 9.17) is 0 Å². The maximum atomic E-state index is 12.7. The van der Waals surface area contributed by atoms with Gasteiger partial charge in [0.15, 0.2) is 0 Å². The molecular weight excluding hydrogens is 425 g/mol. The maximum absolute atomic E-state index is 12.7. The number of nitrogens with zero attached hydrogens (tertiary/aromatic N) is 6. The number of alkyl halides is 3. The molecular formula is C21H25F3N6O2. The summed E-state index contributed by atoms with van der Waals surface area (Å²) in [6.45, 7) is 6.03. The van der Waals surface area contributed by atoms with Crippen molar-refractivity contribution in [2.24, 2.45) is 0 Å². The lowest BCUT2D eigenvalue weighted by Gasteiger charge is -2.36. The first-order valence-corrected chi connectivity index (χ1v) is 10.4. The Morgan fingerprint density at radius 3 is 1.94 bits per heavy atom. The molecule has 172 valence electrons. The molecule has 1 aromatic carbocycles. The van der Waals surface area contributed by atoms with E-state index in [0.29, 0.717) is 31.7 Å². The molecule has 32 heavy (non-hydrogen) atoms. The first-order chi connectivity index (χ1) is 15.3. The highest BCUT2D eigenvalue weighted by atomic mass is 19.4. The van der Waals surface area contributed by atoms with Crippen LogP contribution in [0.15, 0.2) is 36.7 Å². The van der Waals surface area contributed by atoms with Crippen LogP contribution in [0.5, 0.6) is 5.75 Å². The van der Waals surface area contributed by atoms with Crippen molar-refractivity contribution in [3.05, 3.63) is 42.2 Å². The van der Waals surface area contributed by atoms with Gasteiger partial charge in [0.2, 0.25) is 0 Å². The Morgan fingerprint density at radius 2 is 1.41 bits per heavy atom. The van der Waals surface area contributed by atoms with Gasteiger partial charge >= 0.3 is 6.36 Å². The molecule has 8 nitrogen and oxygen atoms in total. The predicted octanol–water partition coefficient (Wildman–Crippen LogP) is 2.09. The van der Waals surface area contributed by atoms with Crippen molar-refractivity contribution >= 4 is 17.5 Å². The molecule has 0 saturated carbocycles. The number of rotatable bonds is 4. The summed E-state index contributed by atoms with van der Waals surface area (Å²) in [5.74, 6) is 1.17. The minimum atomic E-state index is -4.76. The fourth-order valence-electron chi connectivity index (χ4n) is 3.84. The molecule has 0 aliphatic carbocycles. The lowest BCUT2D eigenvalue weighted by molar-refractivity contribution is -0.274. The minimum absolute atomic E-state index is 0.218. The van der Waals surface area contributed by atoms with Gasteiger partial charge in [-0.05, 0) is 31.3 Å². The Kier molecular flexibility index (Phi) is 6.35. The normalized spacial score (nSPS) is 18.1. The van der Waals surface area contributed by atoms with Gasteiger partial charge in [-0.3, -0.25) is 4.79 Å². The highest BCUT2D eigenvalue weighted by Gasteiger charge is 2.31. The van der Waals surface area contributed by atoms with E-state index in [-0.39, 0.29) is 11.7 Å². The van der Waals surface area contributed by atoms with Gasteiger partial charge in [-0.25, -0.2) is 9.97 Å². The molecule has 0 N–H and O–H groups in total. The van der Waals surface area contributed by atoms with Crippen molar-refractivity contribution in [2.45, 2.75) is 6.36 Å². The Balaban J connectivity index is 1.34. The van der Waals surface area contributed by atoms with Gasteiger partial charge in [0.25, 0.3) is 5.91 Å². The van der Waals surface area contributed by atoms with Crippen LogP contribution in [0.3, 0.4) is 0 Å². The molecule has 0 radical (unpaired) electrons. The van der Waals surface area contributed by atoms with Crippen LogP contribution in [-0.2, 0) is 0 Å². The number of likely N-dealkylation sites (N-methyl/N-ethyl adjacent to an activating group) is 1. The molecule has 2 aliphatic rings. The standard InChI is InChI=1S/C21H25F3N6O2/c1-27-6-8-28(9-7-27)18-14-19(26-15-25-18)29-10-12-30(13-11-29)20(31)16-2-4-17(5-3-16)32-21(22,23)24/h2-5,14-15H,6-13H2,1H3. The van der Waals surface area contributed by atoms with Crippen molar-refractivity contribution in [1.29, 1.82) is 0 Å². The van der Waals surface area contributed by atoms with Crippen molar-refractivity contribution < 1.29 is 22.7 Å². The number of ether oxygens (including phenoxy) is 1. The second-order valence-electron chi connectivity index (χ2n) is 7.88. The zero-order chi connectivity index (χ0) is 22.7. The van der Waals surface area contributed by atoms with E-state index >= 15 is 0 Å². The highest BCUT2D eigenvalue weighted by Crippen LogP contribution is 2.24. The molecule has 2 aromatic rings. The zero-order valence-electron chi connectivity index (χ0n) is 17.8. The molecule has 4 rings (SSSR count). The van der Waals surface area contributed by atoms with E-state index in [0.717, 1.165) is 49.9 Å². The Hall–Kier alpha value is -3.08. The third-order valence-electron chi connectivity index (χ3n) is 5.69. The Morgan fingerprint density at radius 1 is 0.875 bits per heavy atom. The maximum Gasteiger partial charge on any atom is 0.573 e. The molecule has 0 atom stereocenters. The van der Waals surface area contributed by atoms with Crippen LogP contribution in [-0.4, -0.2) is 91.4 Å². The van der Waals surface area contributed by atoms with Crippen LogP contribution in [0.4, 0.5) is 24.8 Å². The number of carbonyl (C=O) groups is 1. The topological polar surface area (TPSA) is 65.0 Å². The smallest absolute Gasteiger partial charge is 0.406 e. The molecule has 11 heteroatoms. The number of anilines is 2. The zero-order valence-corrected chi connectivity index (χ0v) is 17.8. The Labute approximate surface area is 184 Å². The van der Waals surface area contributed by atoms with Crippen LogP contribution in [0.1, 0.15) is 10.4 Å². The summed E-state index contributed by atoms with van der Waals surface area (Å²) in [5.41, 5.74) is 0.326. The van der Waals surface area contributed by atoms with Crippen LogP contribution in [0, 0.1) is 0 Å². The second-order valence-corrected chi connectivity index (χ2v) is 7.88. The van der Waals surface area contributed by atoms with E-state index < -0.39 is 6.36 Å². The third-order valence-corrected chi connectivity index (χ3v) is 5.69. The van der Waals surface area contributed by atoms with Crippen molar-refractivity contribution in [1.82, 2.24) is 19.8 Å². The van der Waals surface area contributed by atoms with Crippen LogP contribution in [0.2, 0.25) is 0 Å². The molecule has 0 spiro atoms. The number of halogens is 3. The highest BCUT2D eigenvalue weighted by molar-refractivity contribution is 5.94. The van der Waals surface area contributed by atoms with Gasteiger partial charge in [-0.1, -0.05) is 0 Å². The fraction of sp³-hybridized carbons (Fsp3) is 0.476. The number of carbonyl (C=O) groups excluding carboxylic acids is 1. The number of hydrogen-bond donors (Lipinski definition) is 0. The van der Waals surface area contributed by atoms with Crippen molar-refractivity contribution in [3.63, 3.8) is 0 Å². The van der Waals surface area contributed by atoms with E-state index in [1.54, 1.807) is 11.2 Å². The van der Waals surface area contributed by atoms with Gasteiger partial charge in [0.05, 0.1) is 0 Å². The SMILES string of the molecule is CN1CCN(c2cc(N3CCN(C(=O)c4ccc(OC(F)(F)F)cc4)CC3)ncn2)CC1. The molecule has 0 bridgehead atoms. The predicted molar refractivity (Wildman–Crippen MR) is 113 cm³/mol. The quantitative estimate of drug-likeness (QED) is 0.707. The summed E-state index contributed by atoms with van der Waals surface area (Å²) in [4.78, 5) is 29.9. The molecule has 2 fully saturated rings. The van der Waals surface area contributed by atoms with E-state index in [2.05, 4.69) is 36.5 Å². The van der Waals surface area contributed by atoms with Gasteiger partial charge in [0.1, 0.15) is 23.7 Å².